The Balaban J connectivity index is 1.80. The first-order chi connectivity index (χ1) is 12.1. The second-order valence-corrected chi connectivity index (χ2v) is 5.81. The summed E-state index contributed by atoms with van der Waals surface area (Å²) in [6.45, 7) is 2.07. The number of benzene rings is 2. The van der Waals surface area contributed by atoms with E-state index in [0.717, 1.165) is 30.1 Å². The molecule has 0 atom stereocenters. The highest BCUT2D eigenvalue weighted by atomic mass is 19.2. The maximum absolute atomic E-state index is 13.5. The first-order valence-electron chi connectivity index (χ1n) is 7.90. The molecule has 0 bridgehead atoms. The molecule has 1 aliphatic heterocycles. The van der Waals surface area contributed by atoms with E-state index >= 15 is 0 Å². The fourth-order valence-corrected chi connectivity index (χ4v) is 2.91. The lowest BCUT2D eigenvalue weighted by atomic mass is 10.1. The zero-order chi connectivity index (χ0) is 17.4. The number of rotatable bonds is 3. The van der Waals surface area contributed by atoms with E-state index in [0.29, 0.717) is 30.3 Å². The van der Waals surface area contributed by atoms with Gasteiger partial charge in [0.1, 0.15) is 23.2 Å². The molecule has 0 radical (unpaired) electrons. The third-order valence-electron chi connectivity index (χ3n) is 4.14. The molecule has 1 aromatic heterocycles. The second kappa shape index (κ2) is 6.25. The lowest BCUT2D eigenvalue weighted by Crippen LogP contribution is -2.28. The van der Waals surface area contributed by atoms with Crippen molar-refractivity contribution in [2.75, 3.05) is 11.9 Å². The van der Waals surface area contributed by atoms with E-state index in [9.17, 15) is 13.2 Å². The van der Waals surface area contributed by atoms with E-state index in [1.807, 2.05) is 4.57 Å². The number of halogens is 3. The van der Waals surface area contributed by atoms with Crippen LogP contribution in [-0.4, -0.2) is 16.1 Å². The molecule has 4 rings (SSSR count). The molecule has 0 saturated heterocycles. The summed E-state index contributed by atoms with van der Waals surface area (Å²) in [6.07, 6.45) is 0. The van der Waals surface area contributed by atoms with Crippen molar-refractivity contribution in [1.82, 2.24) is 14.9 Å². The second-order valence-electron chi connectivity index (χ2n) is 5.81. The molecule has 2 N–H and O–H groups in total. The van der Waals surface area contributed by atoms with Crippen LogP contribution in [0.4, 0.5) is 24.7 Å². The average molecular weight is 344 g/mol. The molecule has 2 aromatic carbocycles. The molecule has 0 aliphatic carbocycles. The van der Waals surface area contributed by atoms with Crippen molar-refractivity contribution in [3.63, 3.8) is 0 Å². The van der Waals surface area contributed by atoms with E-state index in [4.69, 9.17) is 0 Å². The Morgan fingerprint density at radius 3 is 2.56 bits per heavy atom. The van der Waals surface area contributed by atoms with Crippen molar-refractivity contribution >= 4 is 11.5 Å². The first kappa shape index (κ1) is 15.7. The lowest BCUT2D eigenvalue weighted by Gasteiger charge is -2.18. The van der Waals surface area contributed by atoms with Crippen LogP contribution in [0.3, 0.4) is 0 Å². The van der Waals surface area contributed by atoms with Crippen molar-refractivity contribution in [2.24, 2.45) is 0 Å². The zero-order valence-corrected chi connectivity index (χ0v) is 13.2. The summed E-state index contributed by atoms with van der Waals surface area (Å²) < 4.78 is 41.9. The van der Waals surface area contributed by atoms with Gasteiger partial charge in [-0.15, -0.1) is 0 Å². The SMILES string of the molecule is Fc1ccc(-c2nc3n(c2Nc2ccc(F)c(F)c2)CCNC3)cc1. The summed E-state index contributed by atoms with van der Waals surface area (Å²) in [7, 11) is 0. The fourth-order valence-electron chi connectivity index (χ4n) is 2.91. The summed E-state index contributed by atoms with van der Waals surface area (Å²) in [5.74, 6) is -0.647. The van der Waals surface area contributed by atoms with E-state index in [-0.39, 0.29) is 5.82 Å². The topological polar surface area (TPSA) is 41.9 Å². The number of fused-ring (bicyclic) bond motifs is 1. The van der Waals surface area contributed by atoms with Crippen LogP contribution in [0.2, 0.25) is 0 Å². The van der Waals surface area contributed by atoms with Gasteiger partial charge in [-0.2, -0.15) is 0 Å². The fraction of sp³-hybridized carbons (Fsp3) is 0.167. The summed E-state index contributed by atoms with van der Waals surface area (Å²) in [5, 5.41) is 6.38. The smallest absolute Gasteiger partial charge is 0.160 e. The van der Waals surface area contributed by atoms with E-state index in [2.05, 4.69) is 15.6 Å². The molecule has 25 heavy (non-hydrogen) atoms. The van der Waals surface area contributed by atoms with Gasteiger partial charge in [0.25, 0.3) is 0 Å². The van der Waals surface area contributed by atoms with Crippen LogP contribution in [0.1, 0.15) is 5.82 Å². The molecule has 4 nitrogen and oxygen atoms in total. The van der Waals surface area contributed by atoms with Crippen LogP contribution in [0, 0.1) is 17.5 Å². The molecule has 0 unspecified atom stereocenters. The van der Waals surface area contributed by atoms with Gasteiger partial charge in [-0.05, 0) is 36.4 Å². The van der Waals surface area contributed by atoms with Crippen molar-refractivity contribution in [2.45, 2.75) is 13.1 Å². The van der Waals surface area contributed by atoms with Gasteiger partial charge in [0.2, 0.25) is 0 Å². The van der Waals surface area contributed by atoms with Crippen LogP contribution in [0.5, 0.6) is 0 Å². The zero-order valence-electron chi connectivity index (χ0n) is 13.2. The standard InChI is InChI=1S/C18H15F3N4/c19-12-3-1-11(2-4-12)17-18(25-8-7-22-10-16(25)24-17)23-13-5-6-14(20)15(21)9-13/h1-6,9,22-23H,7-8,10H2. The van der Waals surface area contributed by atoms with Crippen LogP contribution in [-0.2, 0) is 13.1 Å². The van der Waals surface area contributed by atoms with Gasteiger partial charge >= 0.3 is 0 Å². The summed E-state index contributed by atoms with van der Waals surface area (Å²) in [5.41, 5.74) is 1.81. The predicted octanol–water partition coefficient (Wildman–Crippen LogP) is 3.81. The Morgan fingerprint density at radius 2 is 1.80 bits per heavy atom. The molecule has 128 valence electrons. The minimum atomic E-state index is -0.923. The van der Waals surface area contributed by atoms with Crippen LogP contribution in [0.15, 0.2) is 42.5 Å². The normalized spacial score (nSPS) is 13.6. The number of imidazole rings is 1. The minimum Gasteiger partial charge on any atom is -0.340 e. The van der Waals surface area contributed by atoms with Gasteiger partial charge in [0.05, 0.1) is 6.54 Å². The molecular formula is C18H15F3N4. The van der Waals surface area contributed by atoms with Crippen LogP contribution >= 0.6 is 0 Å². The van der Waals surface area contributed by atoms with Crippen molar-refractivity contribution in [3.05, 3.63) is 65.7 Å². The van der Waals surface area contributed by atoms with Gasteiger partial charge in [-0.1, -0.05) is 0 Å². The van der Waals surface area contributed by atoms with E-state index in [1.165, 1.54) is 18.2 Å². The van der Waals surface area contributed by atoms with Gasteiger partial charge in [0.15, 0.2) is 11.6 Å². The highest BCUT2D eigenvalue weighted by Gasteiger charge is 2.21. The average Bonchev–Trinajstić information content (AvgIpc) is 2.97. The lowest BCUT2D eigenvalue weighted by molar-refractivity contribution is 0.507. The quantitative estimate of drug-likeness (QED) is 0.759. The highest BCUT2D eigenvalue weighted by Crippen LogP contribution is 2.32. The third-order valence-corrected chi connectivity index (χ3v) is 4.14. The van der Waals surface area contributed by atoms with Crippen LogP contribution < -0.4 is 10.6 Å². The van der Waals surface area contributed by atoms with E-state index in [1.54, 1.807) is 12.1 Å². The maximum atomic E-state index is 13.5. The molecule has 7 heteroatoms. The third kappa shape index (κ3) is 2.98. The number of nitrogens with zero attached hydrogens (tertiary/aromatic N) is 2. The molecular weight excluding hydrogens is 329 g/mol. The van der Waals surface area contributed by atoms with Gasteiger partial charge in [0, 0.05) is 30.4 Å². The summed E-state index contributed by atoms with van der Waals surface area (Å²) in [4.78, 5) is 4.63. The monoisotopic (exact) mass is 344 g/mol. The summed E-state index contributed by atoms with van der Waals surface area (Å²) in [6, 6.07) is 9.67. The Morgan fingerprint density at radius 1 is 1.00 bits per heavy atom. The number of hydrogen-bond acceptors (Lipinski definition) is 3. The molecule has 0 fully saturated rings. The van der Waals surface area contributed by atoms with Gasteiger partial charge in [-0.25, -0.2) is 18.2 Å². The molecule has 3 aromatic rings. The van der Waals surface area contributed by atoms with Gasteiger partial charge < -0.3 is 15.2 Å². The molecule has 0 saturated carbocycles. The maximum Gasteiger partial charge on any atom is 0.160 e. The predicted molar refractivity (Wildman–Crippen MR) is 89.0 cm³/mol. The first-order valence-corrected chi connectivity index (χ1v) is 7.90. The molecule has 0 amide bonds. The number of aromatic nitrogens is 2. The number of hydrogen-bond donors (Lipinski definition) is 2. The van der Waals surface area contributed by atoms with Crippen LogP contribution in [0.25, 0.3) is 11.3 Å². The largest absolute Gasteiger partial charge is 0.340 e. The molecule has 2 heterocycles. The Hall–Kier alpha value is -2.80. The Bertz CT molecular complexity index is 919. The molecule has 0 spiro atoms. The Labute approximate surface area is 142 Å². The Kier molecular flexibility index (Phi) is 3.93. The van der Waals surface area contributed by atoms with Gasteiger partial charge in [-0.3, -0.25) is 0 Å². The van der Waals surface area contributed by atoms with Crippen molar-refractivity contribution in [1.29, 1.82) is 0 Å². The molecule has 1 aliphatic rings. The van der Waals surface area contributed by atoms with E-state index < -0.39 is 11.6 Å². The number of nitrogens with one attached hydrogen (secondary N) is 2. The highest BCUT2D eigenvalue weighted by molar-refractivity contribution is 5.76. The minimum absolute atomic E-state index is 0.329. The summed E-state index contributed by atoms with van der Waals surface area (Å²) >= 11 is 0. The van der Waals surface area contributed by atoms with Crippen molar-refractivity contribution in [3.8, 4) is 11.3 Å². The number of anilines is 2. The van der Waals surface area contributed by atoms with Crippen molar-refractivity contribution < 1.29 is 13.2 Å².